The molecule has 2 aliphatic rings. The Morgan fingerprint density at radius 2 is 1.66 bits per heavy atom. The average molecular weight is 510 g/mol. The van der Waals surface area contributed by atoms with E-state index in [2.05, 4.69) is 0 Å². The minimum Gasteiger partial charge on any atom is -0.336 e. The summed E-state index contributed by atoms with van der Waals surface area (Å²) in [5.74, 6) is -4.25. The largest absolute Gasteiger partial charge is 0.336 e. The summed E-state index contributed by atoms with van der Waals surface area (Å²) >= 11 is 0. The number of nitrogens with zero attached hydrogens (tertiary/aromatic N) is 2. The highest BCUT2D eigenvalue weighted by atomic mass is 32.2. The highest BCUT2D eigenvalue weighted by Gasteiger charge is 2.45. The number of nitrogens with two attached hydrogens (primary N) is 1. The van der Waals surface area contributed by atoms with Crippen LogP contribution in [-0.2, 0) is 27.8 Å². The lowest BCUT2D eigenvalue weighted by molar-refractivity contribution is -0.133. The molecule has 0 radical (unpaired) electrons. The summed E-state index contributed by atoms with van der Waals surface area (Å²) in [7, 11) is -2.33. The van der Waals surface area contributed by atoms with Crippen LogP contribution in [0.4, 0.5) is 13.2 Å². The Morgan fingerprint density at radius 3 is 2.29 bits per heavy atom. The van der Waals surface area contributed by atoms with Crippen LogP contribution >= 0.6 is 0 Å². The molecular formula is C25H30F3N3O3S. The minimum absolute atomic E-state index is 0.0230. The Bertz CT molecular complexity index is 1170. The molecule has 2 aromatic rings. The molecule has 4 rings (SSSR count). The van der Waals surface area contributed by atoms with Gasteiger partial charge < -0.3 is 10.6 Å². The van der Waals surface area contributed by atoms with Gasteiger partial charge in [-0.3, -0.25) is 4.79 Å². The minimum atomic E-state index is -3.80. The van der Waals surface area contributed by atoms with Gasteiger partial charge in [0, 0.05) is 37.8 Å². The first-order chi connectivity index (χ1) is 16.5. The van der Waals surface area contributed by atoms with Crippen molar-refractivity contribution in [2.75, 3.05) is 12.8 Å². The molecule has 2 fully saturated rings. The first-order valence-corrected chi connectivity index (χ1v) is 13.3. The second-order valence-corrected chi connectivity index (χ2v) is 11.7. The van der Waals surface area contributed by atoms with Crippen molar-refractivity contribution < 1.29 is 26.4 Å². The van der Waals surface area contributed by atoms with E-state index < -0.39 is 45.2 Å². The number of hydrogen-bond donors (Lipinski definition) is 1. The van der Waals surface area contributed by atoms with Crippen LogP contribution in [0.2, 0.25) is 0 Å². The maximum atomic E-state index is 14.1. The van der Waals surface area contributed by atoms with Gasteiger partial charge in [-0.05, 0) is 55.2 Å². The number of hydrogen-bond acceptors (Lipinski definition) is 4. The van der Waals surface area contributed by atoms with Gasteiger partial charge in [0.25, 0.3) is 0 Å². The van der Waals surface area contributed by atoms with E-state index in [0.29, 0.717) is 18.9 Å². The summed E-state index contributed by atoms with van der Waals surface area (Å²) in [4.78, 5) is 14.8. The summed E-state index contributed by atoms with van der Waals surface area (Å²) in [6, 6.07) is 9.76. The van der Waals surface area contributed by atoms with Crippen molar-refractivity contribution in [3.63, 3.8) is 0 Å². The van der Waals surface area contributed by atoms with Gasteiger partial charge in [0.05, 0.1) is 0 Å². The third-order valence-corrected chi connectivity index (χ3v) is 8.93. The Hall–Kier alpha value is -2.43. The summed E-state index contributed by atoms with van der Waals surface area (Å²) in [6.45, 7) is 0.181. The van der Waals surface area contributed by atoms with Gasteiger partial charge in [-0.25, -0.2) is 25.9 Å². The fourth-order valence-corrected chi connectivity index (χ4v) is 6.42. The number of fused-ring (bicyclic) bond motifs is 2. The standard InChI is InChI=1S/C25H30F3N3O3S/c1-30(14-16-5-3-2-4-6-16)35(33,34)15-25(32)31-19-7-8-20(31)10-18(9-19)24(29)12-17-11-22(27)23(28)13-21(17)26/h2-6,11,13,18-20,24H,7-10,12,14-15,29H2,1H3/t18?,19-,20+,24-/m1/s1. The lowest BCUT2D eigenvalue weighted by atomic mass is 9.82. The molecule has 0 aromatic heterocycles. The first kappa shape index (κ1) is 25.7. The number of piperidine rings is 1. The highest BCUT2D eigenvalue weighted by Crippen LogP contribution is 2.40. The van der Waals surface area contributed by atoms with Crippen molar-refractivity contribution in [2.24, 2.45) is 11.7 Å². The summed E-state index contributed by atoms with van der Waals surface area (Å²) in [5.41, 5.74) is 7.19. The van der Waals surface area contributed by atoms with Gasteiger partial charge in [0.2, 0.25) is 15.9 Å². The van der Waals surface area contributed by atoms with Crippen molar-refractivity contribution in [1.82, 2.24) is 9.21 Å². The smallest absolute Gasteiger partial charge is 0.239 e. The Labute approximate surface area is 203 Å². The Balaban J connectivity index is 1.37. The zero-order valence-corrected chi connectivity index (χ0v) is 20.4. The Kier molecular flexibility index (Phi) is 7.54. The normalized spacial score (nSPS) is 23.0. The zero-order chi connectivity index (χ0) is 25.3. The molecule has 0 spiro atoms. The summed E-state index contributed by atoms with van der Waals surface area (Å²) in [6.07, 6.45) is 2.68. The van der Waals surface area contributed by atoms with E-state index >= 15 is 0 Å². The van der Waals surface area contributed by atoms with Crippen LogP contribution in [0.5, 0.6) is 0 Å². The lowest BCUT2D eigenvalue weighted by Crippen LogP contribution is -2.52. The molecule has 2 aliphatic heterocycles. The van der Waals surface area contributed by atoms with E-state index in [-0.39, 0.29) is 36.5 Å². The summed E-state index contributed by atoms with van der Waals surface area (Å²) < 4.78 is 67.8. The third kappa shape index (κ3) is 5.70. The number of amides is 1. The number of rotatable bonds is 8. The molecule has 2 N–H and O–H groups in total. The van der Waals surface area contributed by atoms with Crippen LogP contribution in [0, 0.1) is 23.4 Å². The molecule has 1 amide bonds. The molecule has 2 bridgehead atoms. The SMILES string of the molecule is CN(Cc1ccccc1)S(=O)(=O)CC(=O)N1[C@@H]2CC[C@H]1CC([C@H](N)Cc1cc(F)c(F)cc1F)C2. The van der Waals surface area contributed by atoms with Crippen LogP contribution in [-0.4, -0.2) is 54.5 Å². The van der Waals surface area contributed by atoms with Crippen molar-refractivity contribution in [1.29, 1.82) is 0 Å². The van der Waals surface area contributed by atoms with Gasteiger partial charge >= 0.3 is 0 Å². The average Bonchev–Trinajstić information content (AvgIpc) is 3.07. The van der Waals surface area contributed by atoms with Crippen LogP contribution in [0.15, 0.2) is 42.5 Å². The highest BCUT2D eigenvalue weighted by molar-refractivity contribution is 7.89. The number of benzene rings is 2. The topological polar surface area (TPSA) is 83.7 Å². The van der Waals surface area contributed by atoms with Gasteiger partial charge in [-0.2, -0.15) is 0 Å². The molecule has 2 heterocycles. The number of sulfonamides is 1. The molecule has 4 atom stereocenters. The van der Waals surface area contributed by atoms with Gasteiger partial charge in [-0.1, -0.05) is 30.3 Å². The molecule has 1 unspecified atom stereocenters. The van der Waals surface area contributed by atoms with E-state index in [4.69, 9.17) is 5.73 Å². The maximum absolute atomic E-state index is 14.1. The van der Waals surface area contributed by atoms with E-state index in [1.807, 2.05) is 30.3 Å². The predicted molar refractivity (Wildman–Crippen MR) is 126 cm³/mol. The molecule has 2 saturated heterocycles. The van der Waals surface area contributed by atoms with Gasteiger partial charge in [0.15, 0.2) is 11.6 Å². The van der Waals surface area contributed by atoms with Crippen LogP contribution in [0.1, 0.15) is 36.8 Å². The molecule has 10 heteroatoms. The van der Waals surface area contributed by atoms with Gasteiger partial charge in [-0.15, -0.1) is 0 Å². The van der Waals surface area contributed by atoms with E-state index in [1.54, 1.807) is 4.90 Å². The van der Waals surface area contributed by atoms with E-state index in [1.165, 1.54) is 11.4 Å². The maximum Gasteiger partial charge on any atom is 0.239 e. The third-order valence-electron chi connectivity index (χ3n) is 7.24. The van der Waals surface area contributed by atoms with E-state index in [9.17, 15) is 26.4 Å². The van der Waals surface area contributed by atoms with Crippen LogP contribution < -0.4 is 5.73 Å². The van der Waals surface area contributed by atoms with Crippen molar-refractivity contribution >= 4 is 15.9 Å². The number of carbonyl (C=O) groups is 1. The molecule has 190 valence electrons. The fraction of sp³-hybridized carbons (Fsp3) is 0.480. The monoisotopic (exact) mass is 509 g/mol. The second kappa shape index (κ2) is 10.3. The van der Waals surface area contributed by atoms with Crippen molar-refractivity contribution in [3.8, 4) is 0 Å². The molecule has 2 aromatic carbocycles. The lowest BCUT2D eigenvalue weighted by Gasteiger charge is -2.41. The second-order valence-electron chi connectivity index (χ2n) is 9.64. The van der Waals surface area contributed by atoms with Gasteiger partial charge in [0.1, 0.15) is 11.6 Å². The Morgan fingerprint density at radius 1 is 1.06 bits per heavy atom. The van der Waals surface area contributed by atoms with E-state index in [0.717, 1.165) is 24.5 Å². The molecule has 35 heavy (non-hydrogen) atoms. The quantitative estimate of drug-likeness (QED) is 0.554. The van der Waals surface area contributed by atoms with Crippen LogP contribution in [0.25, 0.3) is 0 Å². The van der Waals surface area contributed by atoms with Crippen LogP contribution in [0.3, 0.4) is 0 Å². The number of halogens is 3. The summed E-state index contributed by atoms with van der Waals surface area (Å²) in [5, 5.41) is 0. The molecule has 6 nitrogen and oxygen atoms in total. The zero-order valence-electron chi connectivity index (χ0n) is 19.5. The number of carbonyl (C=O) groups excluding carboxylic acids is 1. The molecule has 0 aliphatic carbocycles. The molecule has 0 saturated carbocycles. The fourth-order valence-electron chi connectivity index (χ4n) is 5.40. The predicted octanol–water partition coefficient (Wildman–Crippen LogP) is 3.21. The van der Waals surface area contributed by atoms with Crippen molar-refractivity contribution in [3.05, 3.63) is 71.0 Å². The first-order valence-electron chi connectivity index (χ1n) is 11.7. The molecular weight excluding hydrogens is 479 g/mol. The van der Waals surface area contributed by atoms with Crippen molar-refractivity contribution in [2.45, 2.75) is 56.8 Å².